The Morgan fingerprint density at radius 3 is 2.00 bits per heavy atom. The zero-order chi connectivity index (χ0) is 21.4. The molecule has 1 aliphatic rings. The Bertz CT molecular complexity index is 829. The third kappa shape index (κ3) is 4.92. The Morgan fingerprint density at radius 1 is 0.933 bits per heavy atom. The van der Waals surface area contributed by atoms with Gasteiger partial charge in [0.15, 0.2) is 0 Å². The van der Waals surface area contributed by atoms with Gasteiger partial charge in [0.1, 0.15) is 0 Å². The largest absolute Gasteiger partial charge is 0.349 e. The number of hydrogen-bond acceptors (Lipinski definition) is 3. The molecule has 30 heavy (non-hydrogen) atoms. The summed E-state index contributed by atoms with van der Waals surface area (Å²) in [5, 5.41) is 0. The van der Waals surface area contributed by atoms with Gasteiger partial charge in [0.05, 0.1) is 0 Å². The number of hydrogen-bond donors (Lipinski definition) is 2. The SMILES string of the molecule is C=CN(CC)c1ccc(C(c2ccccc2)C2C=CC(CCN)(CCN)C=C2)cc1. The highest BCUT2D eigenvalue weighted by molar-refractivity contribution is 5.51. The highest BCUT2D eigenvalue weighted by Gasteiger charge is 2.29. The Labute approximate surface area is 181 Å². The third-order valence-corrected chi connectivity index (χ3v) is 6.21. The lowest BCUT2D eigenvalue weighted by atomic mass is 9.72. The quantitative estimate of drug-likeness (QED) is 0.537. The van der Waals surface area contributed by atoms with Gasteiger partial charge in [-0.3, -0.25) is 0 Å². The highest BCUT2D eigenvalue weighted by Crippen LogP contribution is 2.41. The first-order chi connectivity index (χ1) is 14.7. The van der Waals surface area contributed by atoms with Crippen molar-refractivity contribution in [3.63, 3.8) is 0 Å². The smallest absolute Gasteiger partial charge is 0.0405 e. The summed E-state index contributed by atoms with van der Waals surface area (Å²) in [5.41, 5.74) is 15.6. The van der Waals surface area contributed by atoms with Crippen LogP contribution in [-0.4, -0.2) is 19.6 Å². The number of anilines is 1. The maximum absolute atomic E-state index is 5.89. The van der Waals surface area contributed by atoms with E-state index < -0.39 is 0 Å². The minimum Gasteiger partial charge on any atom is -0.349 e. The summed E-state index contributed by atoms with van der Waals surface area (Å²) in [6, 6.07) is 19.7. The zero-order valence-electron chi connectivity index (χ0n) is 18.1. The average molecular weight is 402 g/mol. The van der Waals surface area contributed by atoms with Crippen LogP contribution in [0.4, 0.5) is 5.69 Å². The minimum atomic E-state index is -0.00329. The van der Waals surface area contributed by atoms with Crippen molar-refractivity contribution in [1.82, 2.24) is 0 Å². The van der Waals surface area contributed by atoms with Crippen LogP contribution in [0.3, 0.4) is 0 Å². The van der Waals surface area contributed by atoms with Gasteiger partial charge in [-0.2, -0.15) is 0 Å². The molecule has 0 saturated heterocycles. The number of allylic oxidation sites excluding steroid dienone is 4. The molecule has 0 radical (unpaired) electrons. The number of benzene rings is 2. The molecule has 0 heterocycles. The first-order valence-electron chi connectivity index (χ1n) is 11.0. The second kappa shape index (κ2) is 10.4. The van der Waals surface area contributed by atoms with Crippen LogP contribution in [0.2, 0.25) is 0 Å². The highest BCUT2D eigenvalue weighted by atomic mass is 15.1. The molecule has 3 heteroatoms. The van der Waals surface area contributed by atoms with Crippen LogP contribution in [0.25, 0.3) is 0 Å². The van der Waals surface area contributed by atoms with Gasteiger partial charge >= 0.3 is 0 Å². The lowest BCUT2D eigenvalue weighted by molar-refractivity contribution is 0.413. The monoisotopic (exact) mass is 401 g/mol. The van der Waals surface area contributed by atoms with Gasteiger partial charge in [-0.15, -0.1) is 0 Å². The first kappa shape index (κ1) is 22.1. The van der Waals surface area contributed by atoms with E-state index in [1.54, 1.807) is 0 Å². The first-order valence-corrected chi connectivity index (χ1v) is 11.0. The van der Waals surface area contributed by atoms with Crippen molar-refractivity contribution in [2.75, 3.05) is 24.5 Å². The van der Waals surface area contributed by atoms with Crippen LogP contribution in [0, 0.1) is 11.3 Å². The number of rotatable bonds is 10. The van der Waals surface area contributed by atoms with Crippen molar-refractivity contribution in [1.29, 1.82) is 0 Å². The second-order valence-electron chi connectivity index (χ2n) is 8.05. The third-order valence-electron chi connectivity index (χ3n) is 6.21. The molecule has 1 unspecified atom stereocenters. The molecule has 4 N–H and O–H groups in total. The molecular weight excluding hydrogens is 366 g/mol. The molecule has 3 nitrogen and oxygen atoms in total. The maximum Gasteiger partial charge on any atom is 0.0405 e. The van der Waals surface area contributed by atoms with Crippen molar-refractivity contribution < 1.29 is 0 Å². The molecule has 0 aliphatic heterocycles. The minimum absolute atomic E-state index is 0.00329. The average Bonchev–Trinajstić information content (AvgIpc) is 2.78. The van der Waals surface area contributed by atoms with E-state index >= 15 is 0 Å². The summed E-state index contributed by atoms with van der Waals surface area (Å²) >= 11 is 0. The standard InChI is InChI=1S/C27H35N3/c1-3-30(4-2)25-12-10-23(11-13-25)26(22-8-6-5-7-9-22)24-14-16-27(17-15-24,18-20-28)19-21-29/h3,5-17,24,26H,1,4,18-21,28-29H2,2H3. The zero-order valence-corrected chi connectivity index (χ0v) is 18.1. The van der Waals surface area contributed by atoms with Gasteiger partial charge < -0.3 is 16.4 Å². The van der Waals surface area contributed by atoms with Gasteiger partial charge in [-0.05, 0) is 62.3 Å². The summed E-state index contributed by atoms with van der Waals surface area (Å²) in [4.78, 5) is 2.15. The summed E-state index contributed by atoms with van der Waals surface area (Å²) < 4.78 is 0. The van der Waals surface area contributed by atoms with Gasteiger partial charge in [-0.1, -0.05) is 73.3 Å². The molecule has 1 aliphatic carbocycles. The van der Waals surface area contributed by atoms with Crippen molar-refractivity contribution in [3.05, 3.63) is 103 Å². The van der Waals surface area contributed by atoms with Crippen molar-refractivity contribution in [3.8, 4) is 0 Å². The molecule has 0 bridgehead atoms. The van der Waals surface area contributed by atoms with Gasteiger partial charge in [0, 0.05) is 29.5 Å². The van der Waals surface area contributed by atoms with Crippen LogP contribution in [-0.2, 0) is 0 Å². The fourth-order valence-corrected chi connectivity index (χ4v) is 4.53. The van der Waals surface area contributed by atoms with E-state index in [9.17, 15) is 0 Å². The van der Waals surface area contributed by atoms with E-state index in [0.717, 1.165) is 19.4 Å². The van der Waals surface area contributed by atoms with Crippen LogP contribution < -0.4 is 16.4 Å². The van der Waals surface area contributed by atoms with E-state index in [1.165, 1.54) is 16.8 Å². The lowest BCUT2D eigenvalue weighted by Crippen LogP contribution is -2.26. The molecule has 2 aromatic carbocycles. The molecule has 158 valence electrons. The molecule has 3 rings (SSSR count). The summed E-state index contributed by atoms with van der Waals surface area (Å²) in [7, 11) is 0. The Morgan fingerprint density at radius 2 is 1.50 bits per heavy atom. The van der Waals surface area contributed by atoms with Crippen LogP contribution >= 0.6 is 0 Å². The Balaban J connectivity index is 1.94. The topological polar surface area (TPSA) is 55.3 Å². The summed E-state index contributed by atoms with van der Waals surface area (Å²) in [6.07, 6.45) is 13.2. The van der Waals surface area contributed by atoms with Crippen LogP contribution in [0.15, 0.2) is 91.7 Å². The molecule has 2 aromatic rings. The van der Waals surface area contributed by atoms with Gasteiger partial charge in [0.2, 0.25) is 0 Å². The number of nitrogens with two attached hydrogens (primary N) is 2. The predicted molar refractivity (Wildman–Crippen MR) is 129 cm³/mol. The van der Waals surface area contributed by atoms with E-state index in [0.29, 0.717) is 19.0 Å². The fourth-order valence-electron chi connectivity index (χ4n) is 4.53. The molecular formula is C27H35N3. The maximum atomic E-state index is 5.89. The summed E-state index contributed by atoms with van der Waals surface area (Å²) in [6.45, 7) is 8.29. The van der Waals surface area contributed by atoms with E-state index in [-0.39, 0.29) is 11.3 Å². The predicted octanol–water partition coefficient (Wildman–Crippen LogP) is 5.21. The Kier molecular flexibility index (Phi) is 7.67. The van der Waals surface area contributed by atoms with Gasteiger partial charge in [0.25, 0.3) is 0 Å². The molecule has 0 spiro atoms. The van der Waals surface area contributed by atoms with Crippen LogP contribution in [0.1, 0.15) is 36.8 Å². The van der Waals surface area contributed by atoms with E-state index in [2.05, 4.69) is 97.3 Å². The molecule has 1 atom stereocenters. The molecule has 0 fully saturated rings. The summed E-state index contributed by atoms with van der Waals surface area (Å²) in [5.74, 6) is 0.559. The van der Waals surface area contributed by atoms with Crippen molar-refractivity contribution in [2.45, 2.75) is 25.7 Å². The van der Waals surface area contributed by atoms with Crippen molar-refractivity contribution in [2.24, 2.45) is 22.8 Å². The number of nitrogens with zero attached hydrogens (tertiary/aromatic N) is 1. The van der Waals surface area contributed by atoms with E-state index in [4.69, 9.17) is 11.5 Å². The van der Waals surface area contributed by atoms with Crippen LogP contribution in [0.5, 0.6) is 0 Å². The molecule has 0 aromatic heterocycles. The molecule has 0 saturated carbocycles. The van der Waals surface area contributed by atoms with Crippen molar-refractivity contribution >= 4 is 5.69 Å². The lowest BCUT2D eigenvalue weighted by Gasteiger charge is -2.33. The molecule has 0 amide bonds. The fraction of sp³-hybridized carbons (Fsp3) is 0.333. The van der Waals surface area contributed by atoms with E-state index in [1.807, 2.05) is 6.20 Å². The second-order valence-corrected chi connectivity index (χ2v) is 8.05. The Hall–Kier alpha value is -2.62. The van der Waals surface area contributed by atoms with Gasteiger partial charge in [-0.25, -0.2) is 0 Å². The normalized spacial score (nSPS) is 16.4.